The molecule has 5 heteroatoms. The Kier molecular flexibility index (Phi) is 6.06. The van der Waals surface area contributed by atoms with E-state index in [1.165, 1.54) is 12.8 Å². The summed E-state index contributed by atoms with van der Waals surface area (Å²) < 4.78 is 0. The Morgan fingerprint density at radius 3 is 2.39 bits per heavy atom. The zero-order valence-corrected chi connectivity index (χ0v) is 10.4. The van der Waals surface area contributed by atoms with Gasteiger partial charge >= 0.3 is 12.0 Å². The average molecular weight is 252 g/mol. The number of rotatable bonds is 4. The van der Waals surface area contributed by atoms with Crippen LogP contribution in [0.25, 0.3) is 0 Å². The average Bonchev–Trinajstić information content (AvgIpc) is 2.57. The maximum Gasteiger partial charge on any atom is 0.327 e. The second kappa shape index (κ2) is 7.59. The highest BCUT2D eigenvalue weighted by atomic mass is 16.4. The number of carboxylic acid groups (broad SMARTS) is 1. The molecule has 100 valence electrons. The van der Waals surface area contributed by atoms with Crippen LogP contribution in [0.2, 0.25) is 0 Å². The first-order chi connectivity index (χ1) is 8.63. The molecule has 0 heterocycles. The third-order valence-electron chi connectivity index (χ3n) is 3.12. The summed E-state index contributed by atoms with van der Waals surface area (Å²) in [6.07, 6.45) is 11.6. The highest BCUT2D eigenvalue weighted by Crippen LogP contribution is 2.16. The number of carbonyl (C=O) groups is 2. The van der Waals surface area contributed by atoms with Gasteiger partial charge in [-0.15, -0.1) is 12.3 Å². The van der Waals surface area contributed by atoms with Crippen molar-refractivity contribution in [3.05, 3.63) is 0 Å². The van der Waals surface area contributed by atoms with Crippen molar-refractivity contribution in [2.75, 3.05) is 0 Å². The van der Waals surface area contributed by atoms with Crippen molar-refractivity contribution in [2.24, 2.45) is 0 Å². The molecule has 1 rings (SSSR count). The molecular weight excluding hydrogens is 232 g/mol. The van der Waals surface area contributed by atoms with Gasteiger partial charge in [-0.25, -0.2) is 9.59 Å². The van der Waals surface area contributed by atoms with Crippen LogP contribution in [0, 0.1) is 12.3 Å². The Labute approximate surface area is 107 Å². The van der Waals surface area contributed by atoms with Crippen LogP contribution in [0.1, 0.15) is 44.9 Å². The number of nitrogens with one attached hydrogen (secondary N) is 2. The van der Waals surface area contributed by atoms with Gasteiger partial charge in [-0.2, -0.15) is 0 Å². The van der Waals surface area contributed by atoms with Crippen molar-refractivity contribution < 1.29 is 14.7 Å². The summed E-state index contributed by atoms with van der Waals surface area (Å²) in [6.45, 7) is 0. The molecule has 1 aliphatic carbocycles. The molecule has 5 nitrogen and oxygen atoms in total. The van der Waals surface area contributed by atoms with Gasteiger partial charge in [0.25, 0.3) is 0 Å². The lowest BCUT2D eigenvalue weighted by Crippen LogP contribution is -2.48. The number of hydrogen-bond donors (Lipinski definition) is 3. The second-order valence-electron chi connectivity index (χ2n) is 4.61. The summed E-state index contributed by atoms with van der Waals surface area (Å²) in [5, 5.41) is 14.1. The van der Waals surface area contributed by atoms with Crippen LogP contribution in [-0.2, 0) is 4.79 Å². The van der Waals surface area contributed by atoms with E-state index in [1.54, 1.807) is 0 Å². The number of aliphatic carboxylic acids is 1. The fourth-order valence-electron chi connectivity index (χ4n) is 2.13. The lowest BCUT2D eigenvalue weighted by molar-refractivity contribution is -0.139. The lowest BCUT2D eigenvalue weighted by atomic mass is 10.1. The monoisotopic (exact) mass is 252 g/mol. The molecule has 0 saturated heterocycles. The van der Waals surface area contributed by atoms with Crippen LogP contribution in [-0.4, -0.2) is 29.2 Å². The van der Waals surface area contributed by atoms with E-state index in [0.29, 0.717) is 0 Å². The highest BCUT2D eigenvalue weighted by molar-refractivity contribution is 5.82. The van der Waals surface area contributed by atoms with Crippen LogP contribution >= 0.6 is 0 Å². The molecule has 1 unspecified atom stereocenters. The molecule has 3 N–H and O–H groups in total. The highest BCUT2D eigenvalue weighted by Gasteiger charge is 2.20. The van der Waals surface area contributed by atoms with Gasteiger partial charge in [0.1, 0.15) is 6.04 Å². The van der Waals surface area contributed by atoms with Gasteiger partial charge in [0, 0.05) is 12.5 Å². The number of hydrogen-bond acceptors (Lipinski definition) is 2. The number of carboxylic acids is 1. The standard InChI is InChI=1S/C13H20N2O3/c1-2-7-11(12(16)17)15-13(18)14-10-8-5-3-4-6-9-10/h1,10-11H,3-9H2,(H,16,17)(H2,14,15,18). The smallest absolute Gasteiger partial charge is 0.327 e. The third-order valence-corrected chi connectivity index (χ3v) is 3.12. The SMILES string of the molecule is C#CCC(NC(=O)NC1CCCCCC1)C(=O)O. The number of carbonyl (C=O) groups excluding carboxylic acids is 1. The predicted octanol–water partition coefficient (Wildman–Crippen LogP) is 1.48. The first-order valence-electron chi connectivity index (χ1n) is 6.36. The van der Waals surface area contributed by atoms with E-state index in [9.17, 15) is 9.59 Å². The molecule has 0 spiro atoms. The van der Waals surface area contributed by atoms with Crippen LogP contribution in [0.3, 0.4) is 0 Å². The molecule has 18 heavy (non-hydrogen) atoms. The molecule has 1 aliphatic rings. The fraction of sp³-hybridized carbons (Fsp3) is 0.692. The zero-order chi connectivity index (χ0) is 13.4. The van der Waals surface area contributed by atoms with Crippen LogP contribution in [0.15, 0.2) is 0 Å². The van der Waals surface area contributed by atoms with E-state index < -0.39 is 18.0 Å². The van der Waals surface area contributed by atoms with Gasteiger partial charge < -0.3 is 15.7 Å². The summed E-state index contributed by atoms with van der Waals surface area (Å²) in [7, 11) is 0. The Balaban J connectivity index is 2.39. The summed E-state index contributed by atoms with van der Waals surface area (Å²) in [5.74, 6) is 1.14. The Morgan fingerprint density at radius 1 is 1.28 bits per heavy atom. The Hall–Kier alpha value is -1.70. The van der Waals surface area contributed by atoms with Crippen molar-refractivity contribution >= 4 is 12.0 Å². The fourth-order valence-corrected chi connectivity index (χ4v) is 2.13. The molecule has 0 bridgehead atoms. The van der Waals surface area contributed by atoms with E-state index in [0.717, 1.165) is 25.7 Å². The Morgan fingerprint density at radius 2 is 1.89 bits per heavy atom. The van der Waals surface area contributed by atoms with Crippen molar-refractivity contribution in [1.82, 2.24) is 10.6 Å². The normalized spacial score (nSPS) is 18.2. The summed E-state index contributed by atoms with van der Waals surface area (Å²) in [5.41, 5.74) is 0. The molecule has 0 aliphatic heterocycles. The summed E-state index contributed by atoms with van der Waals surface area (Å²) >= 11 is 0. The van der Waals surface area contributed by atoms with Crippen LogP contribution < -0.4 is 10.6 Å². The first-order valence-corrected chi connectivity index (χ1v) is 6.36. The largest absolute Gasteiger partial charge is 0.480 e. The maximum atomic E-state index is 11.7. The zero-order valence-electron chi connectivity index (χ0n) is 10.4. The van der Waals surface area contributed by atoms with Crippen molar-refractivity contribution in [2.45, 2.75) is 57.0 Å². The molecule has 0 aromatic heterocycles. The van der Waals surface area contributed by atoms with Crippen molar-refractivity contribution in [3.8, 4) is 12.3 Å². The first kappa shape index (κ1) is 14.4. The Bertz CT molecular complexity index is 328. The number of amides is 2. The van der Waals surface area contributed by atoms with Crippen LogP contribution in [0.5, 0.6) is 0 Å². The second-order valence-corrected chi connectivity index (χ2v) is 4.61. The van der Waals surface area contributed by atoms with Crippen molar-refractivity contribution in [1.29, 1.82) is 0 Å². The molecule has 0 radical (unpaired) electrons. The van der Waals surface area contributed by atoms with Gasteiger partial charge in [0.2, 0.25) is 0 Å². The van der Waals surface area contributed by atoms with Gasteiger partial charge in [-0.05, 0) is 12.8 Å². The molecule has 1 fully saturated rings. The molecule has 0 aromatic carbocycles. The summed E-state index contributed by atoms with van der Waals surface area (Å²) in [6, 6.07) is -1.31. The van der Waals surface area contributed by atoms with Gasteiger partial charge in [0.15, 0.2) is 0 Å². The van der Waals surface area contributed by atoms with E-state index in [2.05, 4.69) is 16.6 Å². The lowest BCUT2D eigenvalue weighted by Gasteiger charge is -2.18. The van der Waals surface area contributed by atoms with Crippen molar-refractivity contribution in [3.63, 3.8) is 0 Å². The van der Waals surface area contributed by atoms with Crippen LogP contribution in [0.4, 0.5) is 4.79 Å². The maximum absolute atomic E-state index is 11.7. The number of terminal acetylenes is 1. The van der Waals surface area contributed by atoms with E-state index in [4.69, 9.17) is 11.5 Å². The molecule has 1 saturated carbocycles. The van der Waals surface area contributed by atoms with Gasteiger partial charge in [0.05, 0.1) is 0 Å². The molecule has 1 atom stereocenters. The molecule has 2 amide bonds. The minimum Gasteiger partial charge on any atom is -0.480 e. The quantitative estimate of drug-likeness (QED) is 0.524. The number of urea groups is 1. The van der Waals surface area contributed by atoms with E-state index in [1.807, 2.05) is 0 Å². The molecular formula is C13H20N2O3. The minimum absolute atomic E-state index is 0.00653. The minimum atomic E-state index is -1.11. The molecule has 0 aromatic rings. The van der Waals surface area contributed by atoms with E-state index >= 15 is 0 Å². The van der Waals surface area contributed by atoms with Gasteiger partial charge in [-0.3, -0.25) is 0 Å². The summed E-state index contributed by atoms with van der Waals surface area (Å²) in [4.78, 5) is 22.5. The predicted molar refractivity (Wildman–Crippen MR) is 68.0 cm³/mol. The topological polar surface area (TPSA) is 78.4 Å². The third kappa shape index (κ3) is 5.09. The van der Waals surface area contributed by atoms with E-state index in [-0.39, 0.29) is 12.5 Å². The van der Waals surface area contributed by atoms with Gasteiger partial charge in [-0.1, -0.05) is 25.7 Å².